The smallest absolute Gasteiger partial charge is 0.152 e. The normalized spacial score (nSPS) is 13.5. The van der Waals surface area contributed by atoms with Gasteiger partial charge in [-0.05, 0) is 36.6 Å². The standard InChI is InChI=1S/C14H18Br2O/c1-9-5-6-11(15)7-10(9)8-12(16)13(17)14(2,3)4/h5-7,12H,8H2,1-4H3. The third-order valence-electron chi connectivity index (χ3n) is 2.73. The van der Waals surface area contributed by atoms with E-state index in [4.69, 9.17) is 0 Å². The Labute approximate surface area is 120 Å². The van der Waals surface area contributed by atoms with Gasteiger partial charge in [0, 0.05) is 9.89 Å². The maximum atomic E-state index is 12.1. The summed E-state index contributed by atoms with van der Waals surface area (Å²) in [6.45, 7) is 7.94. The molecule has 1 aromatic rings. The number of carbonyl (C=O) groups is 1. The largest absolute Gasteiger partial charge is 0.298 e. The van der Waals surface area contributed by atoms with Crippen LogP contribution in [0.25, 0.3) is 0 Å². The summed E-state index contributed by atoms with van der Waals surface area (Å²) >= 11 is 6.97. The Morgan fingerprint density at radius 3 is 2.47 bits per heavy atom. The molecule has 1 nitrogen and oxygen atoms in total. The molecule has 0 spiro atoms. The van der Waals surface area contributed by atoms with Crippen LogP contribution in [0.3, 0.4) is 0 Å². The van der Waals surface area contributed by atoms with E-state index >= 15 is 0 Å². The molecule has 0 N–H and O–H groups in total. The maximum absolute atomic E-state index is 12.1. The lowest BCUT2D eigenvalue weighted by Crippen LogP contribution is -2.30. The molecule has 1 atom stereocenters. The van der Waals surface area contributed by atoms with Crippen molar-refractivity contribution in [3.05, 3.63) is 33.8 Å². The summed E-state index contributed by atoms with van der Waals surface area (Å²) < 4.78 is 1.06. The van der Waals surface area contributed by atoms with E-state index < -0.39 is 0 Å². The second-order valence-electron chi connectivity index (χ2n) is 5.36. The number of aryl methyl sites for hydroxylation is 1. The molecule has 0 saturated carbocycles. The van der Waals surface area contributed by atoms with E-state index in [1.54, 1.807) is 0 Å². The Kier molecular flexibility index (Phi) is 4.96. The van der Waals surface area contributed by atoms with E-state index in [0.717, 1.165) is 10.9 Å². The summed E-state index contributed by atoms with van der Waals surface area (Å²) in [7, 11) is 0. The van der Waals surface area contributed by atoms with Crippen LogP contribution in [0.5, 0.6) is 0 Å². The van der Waals surface area contributed by atoms with E-state index in [1.165, 1.54) is 11.1 Å². The van der Waals surface area contributed by atoms with Gasteiger partial charge in [0.25, 0.3) is 0 Å². The summed E-state index contributed by atoms with van der Waals surface area (Å²) in [4.78, 5) is 12.0. The minimum absolute atomic E-state index is 0.115. The molecule has 0 radical (unpaired) electrons. The summed E-state index contributed by atoms with van der Waals surface area (Å²) in [5.41, 5.74) is 2.13. The van der Waals surface area contributed by atoms with Gasteiger partial charge in [0.15, 0.2) is 5.78 Å². The molecule has 1 rings (SSSR count). The van der Waals surface area contributed by atoms with Crippen molar-refractivity contribution in [1.82, 2.24) is 0 Å². The van der Waals surface area contributed by atoms with Gasteiger partial charge in [-0.25, -0.2) is 0 Å². The summed E-state index contributed by atoms with van der Waals surface area (Å²) in [5, 5.41) is 0. The number of rotatable bonds is 3. The van der Waals surface area contributed by atoms with E-state index in [0.29, 0.717) is 0 Å². The quantitative estimate of drug-likeness (QED) is 0.714. The second-order valence-corrected chi connectivity index (χ2v) is 7.38. The minimum atomic E-state index is -0.298. The maximum Gasteiger partial charge on any atom is 0.152 e. The van der Waals surface area contributed by atoms with Gasteiger partial charge in [-0.15, -0.1) is 0 Å². The van der Waals surface area contributed by atoms with Crippen molar-refractivity contribution in [2.24, 2.45) is 5.41 Å². The van der Waals surface area contributed by atoms with Crippen molar-refractivity contribution in [3.8, 4) is 0 Å². The van der Waals surface area contributed by atoms with Crippen molar-refractivity contribution >= 4 is 37.6 Å². The first-order valence-corrected chi connectivity index (χ1v) is 7.36. The molecule has 1 aromatic carbocycles. The van der Waals surface area contributed by atoms with Crippen molar-refractivity contribution in [2.75, 3.05) is 0 Å². The highest BCUT2D eigenvalue weighted by molar-refractivity contribution is 9.10. The van der Waals surface area contributed by atoms with Gasteiger partial charge in [-0.2, -0.15) is 0 Å². The zero-order valence-corrected chi connectivity index (χ0v) is 13.9. The molecule has 0 bridgehead atoms. The lowest BCUT2D eigenvalue weighted by atomic mass is 9.87. The van der Waals surface area contributed by atoms with Crippen molar-refractivity contribution in [1.29, 1.82) is 0 Å². The molecule has 0 saturated heterocycles. The predicted molar refractivity (Wildman–Crippen MR) is 79.8 cm³/mol. The zero-order valence-electron chi connectivity index (χ0n) is 10.7. The zero-order chi connectivity index (χ0) is 13.2. The number of hydrogen-bond acceptors (Lipinski definition) is 1. The Morgan fingerprint density at radius 1 is 1.35 bits per heavy atom. The van der Waals surface area contributed by atoms with Gasteiger partial charge in [0.1, 0.15) is 0 Å². The third kappa shape index (κ3) is 4.22. The third-order valence-corrected chi connectivity index (χ3v) is 3.97. The van der Waals surface area contributed by atoms with Gasteiger partial charge >= 0.3 is 0 Å². The molecule has 0 aromatic heterocycles. The fraction of sp³-hybridized carbons (Fsp3) is 0.500. The summed E-state index contributed by atoms with van der Waals surface area (Å²) in [5.74, 6) is 0.247. The first kappa shape index (κ1) is 14.9. The Morgan fingerprint density at radius 2 is 1.94 bits per heavy atom. The number of alkyl halides is 1. The monoisotopic (exact) mass is 360 g/mol. The van der Waals surface area contributed by atoms with Crippen molar-refractivity contribution in [3.63, 3.8) is 0 Å². The summed E-state index contributed by atoms with van der Waals surface area (Å²) in [6.07, 6.45) is 0.737. The van der Waals surface area contributed by atoms with Crippen LogP contribution in [0.4, 0.5) is 0 Å². The van der Waals surface area contributed by atoms with Crippen LogP contribution in [-0.4, -0.2) is 10.6 Å². The Hall–Kier alpha value is -0.150. The van der Waals surface area contributed by atoms with Crippen LogP contribution in [0.2, 0.25) is 0 Å². The minimum Gasteiger partial charge on any atom is -0.298 e. The molecule has 0 aliphatic carbocycles. The first-order chi connectivity index (χ1) is 7.71. The number of Topliss-reactive ketones (excluding diaryl/α,β-unsaturated/α-hetero) is 1. The highest BCUT2D eigenvalue weighted by Gasteiger charge is 2.28. The van der Waals surface area contributed by atoms with Crippen LogP contribution in [-0.2, 0) is 11.2 Å². The van der Waals surface area contributed by atoms with Gasteiger partial charge in [-0.1, -0.05) is 58.7 Å². The molecule has 1 unspecified atom stereocenters. The highest BCUT2D eigenvalue weighted by atomic mass is 79.9. The number of ketones is 1. The van der Waals surface area contributed by atoms with Crippen molar-refractivity contribution in [2.45, 2.75) is 38.9 Å². The highest BCUT2D eigenvalue weighted by Crippen LogP contribution is 2.25. The number of halogens is 2. The molecular weight excluding hydrogens is 344 g/mol. The lowest BCUT2D eigenvalue weighted by molar-refractivity contribution is -0.125. The molecule has 0 amide bonds. The summed E-state index contributed by atoms with van der Waals surface area (Å²) in [6, 6.07) is 6.17. The number of carbonyl (C=O) groups excluding carboxylic acids is 1. The molecule has 0 aliphatic heterocycles. The number of hydrogen-bond donors (Lipinski definition) is 0. The molecule has 94 valence electrons. The van der Waals surface area contributed by atoms with Crippen LogP contribution in [0, 0.1) is 12.3 Å². The first-order valence-electron chi connectivity index (χ1n) is 5.65. The van der Waals surface area contributed by atoms with Gasteiger partial charge in [0.2, 0.25) is 0 Å². The lowest BCUT2D eigenvalue weighted by Gasteiger charge is -2.21. The van der Waals surface area contributed by atoms with Gasteiger partial charge < -0.3 is 0 Å². The Bertz CT molecular complexity index is 419. The predicted octanol–water partition coefficient (Wildman–Crippen LogP) is 4.68. The molecule has 0 aliphatic rings. The molecule has 17 heavy (non-hydrogen) atoms. The van der Waals surface area contributed by atoms with E-state index in [9.17, 15) is 4.79 Å². The molecule has 0 fully saturated rings. The van der Waals surface area contributed by atoms with Crippen LogP contribution >= 0.6 is 31.9 Å². The molecule has 0 heterocycles. The average molecular weight is 362 g/mol. The van der Waals surface area contributed by atoms with Gasteiger partial charge in [-0.3, -0.25) is 4.79 Å². The van der Waals surface area contributed by atoms with E-state index in [2.05, 4.69) is 50.9 Å². The van der Waals surface area contributed by atoms with Crippen LogP contribution in [0.1, 0.15) is 31.9 Å². The fourth-order valence-electron chi connectivity index (χ4n) is 1.62. The second kappa shape index (κ2) is 5.66. The van der Waals surface area contributed by atoms with E-state index in [-0.39, 0.29) is 16.0 Å². The molecular formula is C14H18Br2O. The molecule has 3 heteroatoms. The number of benzene rings is 1. The van der Waals surface area contributed by atoms with E-state index in [1.807, 2.05) is 26.8 Å². The van der Waals surface area contributed by atoms with Crippen molar-refractivity contribution < 1.29 is 4.79 Å². The average Bonchev–Trinajstić information content (AvgIpc) is 2.21. The fourth-order valence-corrected chi connectivity index (χ4v) is 3.06. The van der Waals surface area contributed by atoms with Crippen LogP contribution < -0.4 is 0 Å². The van der Waals surface area contributed by atoms with Gasteiger partial charge in [0.05, 0.1) is 4.83 Å². The topological polar surface area (TPSA) is 17.1 Å². The van der Waals surface area contributed by atoms with Crippen LogP contribution in [0.15, 0.2) is 22.7 Å². The SMILES string of the molecule is Cc1ccc(Br)cc1CC(Br)C(=O)C(C)(C)C. The Balaban J connectivity index is 2.85.